The molecule has 0 fully saturated rings. The molecule has 8 nitrogen and oxygen atoms in total. The number of amides is 1. The van der Waals surface area contributed by atoms with Crippen LogP contribution in [0.1, 0.15) is 18.0 Å². The minimum atomic E-state index is -1.02. The Morgan fingerprint density at radius 1 is 1.10 bits per heavy atom. The van der Waals surface area contributed by atoms with Crippen molar-refractivity contribution in [3.8, 4) is 0 Å². The number of nitrogens with one attached hydrogen (secondary N) is 2. The van der Waals surface area contributed by atoms with Crippen LogP contribution in [0.4, 0.5) is 20.3 Å². The molecule has 1 aromatic carbocycles. The predicted octanol–water partition coefficient (Wildman–Crippen LogP) is 3.18. The lowest BCUT2D eigenvalue weighted by Crippen LogP contribution is -2.14. The van der Waals surface area contributed by atoms with Crippen LogP contribution in [0.25, 0.3) is 5.65 Å². The maximum absolute atomic E-state index is 13.2. The maximum Gasteiger partial charge on any atom is 0.224 e. The molecule has 4 aromatic rings. The third-order valence-electron chi connectivity index (χ3n) is 4.13. The second-order valence-corrected chi connectivity index (χ2v) is 6.21. The number of hydrogen-bond acceptors (Lipinski definition) is 6. The van der Waals surface area contributed by atoms with Crippen molar-refractivity contribution < 1.29 is 18.0 Å². The van der Waals surface area contributed by atoms with Crippen LogP contribution < -0.4 is 10.6 Å². The van der Waals surface area contributed by atoms with Crippen LogP contribution in [-0.2, 0) is 17.8 Å². The lowest BCUT2D eigenvalue weighted by atomic mass is 10.2. The molecule has 29 heavy (non-hydrogen) atoms. The Hall–Kier alpha value is -3.82. The summed E-state index contributed by atoms with van der Waals surface area (Å²) in [6.45, 7) is 0.472. The molecule has 2 N–H and O–H groups in total. The van der Waals surface area contributed by atoms with Crippen LogP contribution in [0.15, 0.2) is 53.1 Å². The number of aromatic nitrogens is 4. The number of carbonyl (C=O) groups is 1. The number of anilines is 2. The van der Waals surface area contributed by atoms with E-state index in [-0.39, 0.29) is 24.4 Å². The number of aryl methyl sites for hydroxylation is 1. The summed E-state index contributed by atoms with van der Waals surface area (Å²) in [5.41, 5.74) is 0.729. The number of rotatable bonds is 7. The molecule has 0 aliphatic carbocycles. The van der Waals surface area contributed by atoms with E-state index < -0.39 is 11.6 Å². The molecule has 4 rings (SSSR count). The Morgan fingerprint density at radius 3 is 2.79 bits per heavy atom. The summed E-state index contributed by atoms with van der Waals surface area (Å²) < 4.78 is 33.0. The fraction of sp³-hybridized carbons (Fsp3) is 0.158. The standard InChI is InChI=1S/C19H16F2N6O2/c20-14-4-3-12(10-15(14)21)23-19(28)8-7-18-25-24-17-6-5-16(26-27(17)18)22-11-13-2-1-9-29-13/h1-6,9-10H,7-8,11H2,(H,22,26)(H,23,28). The van der Waals surface area contributed by atoms with E-state index in [1.165, 1.54) is 6.07 Å². The zero-order valence-corrected chi connectivity index (χ0v) is 15.1. The van der Waals surface area contributed by atoms with E-state index in [1.54, 1.807) is 29.0 Å². The van der Waals surface area contributed by atoms with Gasteiger partial charge in [0.25, 0.3) is 0 Å². The summed E-state index contributed by atoms with van der Waals surface area (Å²) in [5, 5.41) is 18.2. The van der Waals surface area contributed by atoms with Crippen LogP contribution in [0.3, 0.4) is 0 Å². The van der Waals surface area contributed by atoms with E-state index in [9.17, 15) is 13.6 Å². The van der Waals surface area contributed by atoms with Gasteiger partial charge in [0.2, 0.25) is 5.91 Å². The minimum absolute atomic E-state index is 0.0749. The van der Waals surface area contributed by atoms with Crippen molar-refractivity contribution in [1.29, 1.82) is 0 Å². The third-order valence-corrected chi connectivity index (χ3v) is 4.13. The van der Waals surface area contributed by atoms with Gasteiger partial charge in [-0.25, -0.2) is 8.78 Å². The third kappa shape index (κ3) is 4.37. The highest BCUT2D eigenvalue weighted by Gasteiger charge is 2.12. The first kappa shape index (κ1) is 18.5. The van der Waals surface area contributed by atoms with Crippen molar-refractivity contribution in [2.45, 2.75) is 19.4 Å². The van der Waals surface area contributed by atoms with Crippen LogP contribution in [0.2, 0.25) is 0 Å². The van der Waals surface area contributed by atoms with Gasteiger partial charge < -0.3 is 15.1 Å². The number of carbonyl (C=O) groups excluding carboxylic acids is 1. The van der Waals surface area contributed by atoms with E-state index in [0.29, 0.717) is 23.8 Å². The topological polar surface area (TPSA) is 97.4 Å². The number of halogens is 2. The fourth-order valence-corrected chi connectivity index (χ4v) is 2.70. The van der Waals surface area contributed by atoms with Crippen molar-refractivity contribution in [2.75, 3.05) is 10.6 Å². The molecule has 10 heteroatoms. The molecule has 0 unspecified atom stereocenters. The molecule has 1 amide bonds. The quantitative estimate of drug-likeness (QED) is 0.496. The van der Waals surface area contributed by atoms with Crippen molar-refractivity contribution in [2.24, 2.45) is 0 Å². The Kier molecular flexibility index (Phi) is 5.14. The number of nitrogens with zero attached hydrogens (tertiary/aromatic N) is 4. The molecule has 0 bridgehead atoms. The van der Waals surface area contributed by atoms with E-state index in [4.69, 9.17) is 4.42 Å². The number of hydrogen-bond donors (Lipinski definition) is 2. The molecule has 0 aliphatic rings. The largest absolute Gasteiger partial charge is 0.467 e. The van der Waals surface area contributed by atoms with Gasteiger partial charge in [0.05, 0.1) is 12.8 Å². The molecule has 0 saturated heterocycles. The van der Waals surface area contributed by atoms with Gasteiger partial charge in [-0.1, -0.05) is 0 Å². The molecule has 0 aliphatic heterocycles. The average molecular weight is 398 g/mol. The van der Waals surface area contributed by atoms with Gasteiger partial charge in [0, 0.05) is 24.6 Å². The Bertz CT molecular complexity index is 1140. The number of furan rings is 1. The van der Waals surface area contributed by atoms with Crippen molar-refractivity contribution in [3.63, 3.8) is 0 Å². The van der Waals surface area contributed by atoms with Gasteiger partial charge >= 0.3 is 0 Å². The Labute approximate surface area is 163 Å². The Morgan fingerprint density at radius 2 is 2.00 bits per heavy atom. The summed E-state index contributed by atoms with van der Waals surface area (Å²) in [6, 6.07) is 10.4. The summed E-state index contributed by atoms with van der Waals surface area (Å²) >= 11 is 0. The van der Waals surface area contributed by atoms with E-state index in [2.05, 4.69) is 25.9 Å². The highest BCUT2D eigenvalue weighted by atomic mass is 19.2. The van der Waals surface area contributed by atoms with E-state index in [0.717, 1.165) is 17.9 Å². The highest BCUT2D eigenvalue weighted by molar-refractivity contribution is 5.90. The molecular formula is C19H16F2N6O2. The SMILES string of the molecule is O=C(CCc1nnc2ccc(NCc3ccco3)nn12)Nc1ccc(F)c(F)c1. The number of fused-ring (bicyclic) bond motifs is 1. The van der Waals surface area contributed by atoms with Gasteiger partial charge in [-0.3, -0.25) is 4.79 Å². The highest BCUT2D eigenvalue weighted by Crippen LogP contribution is 2.14. The molecule has 3 heterocycles. The minimum Gasteiger partial charge on any atom is -0.467 e. The first-order valence-corrected chi connectivity index (χ1v) is 8.81. The zero-order chi connectivity index (χ0) is 20.2. The van der Waals surface area contributed by atoms with Gasteiger partial charge in [-0.15, -0.1) is 15.3 Å². The van der Waals surface area contributed by atoms with Crippen LogP contribution >= 0.6 is 0 Å². The van der Waals surface area contributed by atoms with Crippen LogP contribution in [0.5, 0.6) is 0 Å². The van der Waals surface area contributed by atoms with Gasteiger partial charge in [-0.2, -0.15) is 4.52 Å². The zero-order valence-electron chi connectivity index (χ0n) is 15.1. The molecule has 3 aromatic heterocycles. The van der Waals surface area contributed by atoms with E-state index >= 15 is 0 Å². The molecule has 0 atom stereocenters. The van der Waals surface area contributed by atoms with Crippen molar-refractivity contribution >= 4 is 23.1 Å². The summed E-state index contributed by atoms with van der Waals surface area (Å²) in [6.07, 6.45) is 1.94. The lowest BCUT2D eigenvalue weighted by Gasteiger charge is -2.06. The summed E-state index contributed by atoms with van der Waals surface area (Å²) in [7, 11) is 0. The molecule has 0 saturated carbocycles. The van der Waals surface area contributed by atoms with Crippen LogP contribution in [-0.4, -0.2) is 25.7 Å². The number of benzene rings is 1. The molecule has 0 radical (unpaired) electrons. The van der Waals surface area contributed by atoms with E-state index in [1.807, 2.05) is 6.07 Å². The molecule has 148 valence electrons. The second-order valence-electron chi connectivity index (χ2n) is 6.21. The summed E-state index contributed by atoms with van der Waals surface area (Å²) in [5.74, 6) is -0.488. The normalized spacial score (nSPS) is 11.0. The second kappa shape index (κ2) is 8.05. The van der Waals surface area contributed by atoms with Gasteiger partial charge in [-0.05, 0) is 36.4 Å². The maximum atomic E-state index is 13.2. The predicted molar refractivity (Wildman–Crippen MR) is 100 cm³/mol. The Balaban J connectivity index is 1.39. The smallest absolute Gasteiger partial charge is 0.224 e. The average Bonchev–Trinajstić information content (AvgIpc) is 3.37. The molecule has 0 spiro atoms. The lowest BCUT2D eigenvalue weighted by molar-refractivity contribution is -0.116. The van der Waals surface area contributed by atoms with Crippen LogP contribution in [0, 0.1) is 11.6 Å². The first-order valence-electron chi connectivity index (χ1n) is 8.81. The van der Waals surface area contributed by atoms with Crippen molar-refractivity contribution in [3.05, 3.63) is 71.9 Å². The van der Waals surface area contributed by atoms with Gasteiger partial charge in [0.15, 0.2) is 23.1 Å². The van der Waals surface area contributed by atoms with Crippen molar-refractivity contribution in [1.82, 2.24) is 19.8 Å². The van der Waals surface area contributed by atoms with Gasteiger partial charge in [0.1, 0.15) is 11.6 Å². The summed E-state index contributed by atoms with van der Waals surface area (Å²) in [4.78, 5) is 12.1. The molecular weight excluding hydrogens is 382 g/mol. The first-order chi connectivity index (χ1) is 14.1. The monoisotopic (exact) mass is 398 g/mol. The fourth-order valence-electron chi connectivity index (χ4n) is 2.70.